The van der Waals surface area contributed by atoms with Gasteiger partial charge in [0.2, 0.25) is 0 Å². The van der Waals surface area contributed by atoms with Crippen LogP contribution < -0.4 is 0 Å². The first-order valence-electron chi connectivity index (χ1n) is 10.5. The number of hydrogen-bond donors (Lipinski definition) is 0. The molecule has 0 unspecified atom stereocenters. The fourth-order valence-corrected chi connectivity index (χ4v) is 4.40. The lowest BCUT2D eigenvalue weighted by Gasteiger charge is -2.09. The number of fused-ring (bicyclic) bond motifs is 3. The molecule has 0 aliphatic heterocycles. The Morgan fingerprint density at radius 3 is 2.13 bits per heavy atom. The molecule has 1 aromatic heterocycles. The normalized spacial score (nSPS) is 11.7. The van der Waals surface area contributed by atoms with Gasteiger partial charge in [-0.25, -0.2) is 0 Å². The number of nitrogens with zero attached hydrogens (tertiary/aromatic N) is 1. The summed E-state index contributed by atoms with van der Waals surface area (Å²) in [6.07, 6.45) is 4.38. The van der Waals surface area contributed by atoms with Crippen LogP contribution in [0.1, 0.15) is 23.6 Å². The first-order chi connectivity index (χ1) is 14.7. The molecule has 1 heterocycles. The summed E-state index contributed by atoms with van der Waals surface area (Å²) in [7, 11) is 0. The number of aryl methyl sites for hydroxylation is 2. The first kappa shape index (κ1) is 18.4. The second kappa shape index (κ2) is 7.35. The van der Waals surface area contributed by atoms with Gasteiger partial charge in [-0.3, -0.25) is 0 Å². The van der Waals surface area contributed by atoms with Crippen molar-refractivity contribution < 1.29 is 0 Å². The highest BCUT2D eigenvalue weighted by atomic mass is 15.0. The third kappa shape index (κ3) is 2.95. The summed E-state index contributed by atoms with van der Waals surface area (Å²) in [5.74, 6) is 0. The van der Waals surface area contributed by atoms with Crippen molar-refractivity contribution in [2.75, 3.05) is 0 Å². The summed E-state index contributed by atoms with van der Waals surface area (Å²) in [6, 6.07) is 30.8. The predicted octanol–water partition coefficient (Wildman–Crippen LogP) is 8.10. The van der Waals surface area contributed by atoms with Gasteiger partial charge in [0, 0.05) is 16.5 Å². The number of para-hydroxylation sites is 1. The smallest absolute Gasteiger partial charge is 0.0547 e. The lowest BCUT2D eigenvalue weighted by Crippen LogP contribution is -1.93. The molecule has 1 heteroatoms. The molecule has 5 rings (SSSR count). The number of aromatic nitrogens is 1. The molecule has 0 aliphatic rings. The fraction of sp³-hybridized carbons (Fsp3) is 0.103. The second-order valence-corrected chi connectivity index (χ2v) is 7.96. The maximum atomic E-state index is 2.38. The van der Waals surface area contributed by atoms with Crippen molar-refractivity contribution in [1.29, 1.82) is 0 Å². The Bertz CT molecular complexity index is 1380. The van der Waals surface area contributed by atoms with Gasteiger partial charge in [0.05, 0.1) is 11.0 Å². The number of allylic oxidation sites excluding steroid dienone is 1. The lowest BCUT2D eigenvalue weighted by atomic mass is 9.98. The Kier molecular flexibility index (Phi) is 4.52. The van der Waals surface area contributed by atoms with Gasteiger partial charge >= 0.3 is 0 Å². The summed E-state index contributed by atoms with van der Waals surface area (Å²) in [6.45, 7) is 6.42. The van der Waals surface area contributed by atoms with E-state index in [9.17, 15) is 0 Å². The van der Waals surface area contributed by atoms with Crippen molar-refractivity contribution in [2.45, 2.75) is 20.8 Å². The second-order valence-electron chi connectivity index (χ2n) is 7.96. The van der Waals surface area contributed by atoms with E-state index < -0.39 is 0 Å². The van der Waals surface area contributed by atoms with Crippen molar-refractivity contribution in [3.63, 3.8) is 0 Å². The zero-order chi connectivity index (χ0) is 20.7. The molecule has 0 spiro atoms. The topological polar surface area (TPSA) is 4.93 Å². The molecule has 0 radical (unpaired) electrons. The van der Waals surface area contributed by atoms with Crippen LogP contribution in [0.2, 0.25) is 0 Å². The molecule has 0 aliphatic carbocycles. The Hall–Kier alpha value is -3.58. The van der Waals surface area contributed by atoms with Crippen LogP contribution in [0.25, 0.3) is 44.7 Å². The molecular formula is C29H25N. The van der Waals surface area contributed by atoms with E-state index in [1.807, 2.05) is 0 Å². The van der Waals surface area contributed by atoms with E-state index in [1.165, 1.54) is 55.3 Å². The Morgan fingerprint density at radius 1 is 0.700 bits per heavy atom. The monoisotopic (exact) mass is 387 g/mol. The number of benzene rings is 4. The Balaban J connectivity index is 1.90. The van der Waals surface area contributed by atoms with Crippen molar-refractivity contribution >= 4 is 27.9 Å². The third-order valence-electron chi connectivity index (χ3n) is 5.92. The van der Waals surface area contributed by atoms with Crippen LogP contribution in [0.5, 0.6) is 0 Å². The first-order valence-corrected chi connectivity index (χ1v) is 10.5. The molecule has 5 aromatic rings. The molecule has 0 N–H and O–H groups in total. The van der Waals surface area contributed by atoms with Gasteiger partial charge in [-0.05, 0) is 73.4 Å². The maximum absolute atomic E-state index is 2.38. The van der Waals surface area contributed by atoms with E-state index in [4.69, 9.17) is 0 Å². The minimum absolute atomic E-state index is 1.19. The Morgan fingerprint density at radius 2 is 1.40 bits per heavy atom. The predicted molar refractivity (Wildman–Crippen MR) is 130 cm³/mol. The third-order valence-corrected chi connectivity index (χ3v) is 5.92. The van der Waals surface area contributed by atoms with E-state index in [-0.39, 0.29) is 0 Å². The maximum Gasteiger partial charge on any atom is 0.0547 e. The van der Waals surface area contributed by atoms with Crippen LogP contribution in [-0.2, 0) is 0 Å². The number of hydrogen-bond acceptors (Lipinski definition) is 0. The highest BCUT2D eigenvalue weighted by Gasteiger charge is 2.16. The highest BCUT2D eigenvalue weighted by Crippen LogP contribution is 2.38. The molecule has 1 nitrogen and oxygen atoms in total. The van der Waals surface area contributed by atoms with Gasteiger partial charge in [0.15, 0.2) is 0 Å². The Labute approximate surface area is 177 Å². The molecule has 4 aromatic carbocycles. The summed E-state index contributed by atoms with van der Waals surface area (Å²) < 4.78 is 2.38. The molecule has 0 atom stereocenters. The summed E-state index contributed by atoms with van der Waals surface area (Å²) in [5.41, 5.74) is 10.1. The van der Waals surface area contributed by atoms with Gasteiger partial charge in [-0.1, -0.05) is 72.3 Å². The van der Waals surface area contributed by atoms with Gasteiger partial charge < -0.3 is 4.57 Å². The molecule has 146 valence electrons. The largest absolute Gasteiger partial charge is 0.309 e. The van der Waals surface area contributed by atoms with E-state index in [0.717, 1.165) is 0 Å². The average Bonchev–Trinajstić information content (AvgIpc) is 3.10. The summed E-state index contributed by atoms with van der Waals surface area (Å²) >= 11 is 0. The molecular weight excluding hydrogens is 362 g/mol. The standard InChI is InChI=1S/C29H25N/c1-4-8-25-21(3)13-17-28-29(25)26-19-23(22-14-11-20(2)12-15-22)16-18-27(26)30(28)24-9-6-5-7-10-24/h4-19H,1-3H3/b8-4-. The summed E-state index contributed by atoms with van der Waals surface area (Å²) in [4.78, 5) is 0. The summed E-state index contributed by atoms with van der Waals surface area (Å²) in [5, 5.41) is 2.62. The zero-order valence-corrected chi connectivity index (χ0v) is 17.7. The van der Waals surface area contributed by atoms with Gasteiger partial charge in [-0.2, -0.15) is 0 Å². The van der Waals surface area contributed by atoms with E-state index in [2.05, 4.69) is 122 Å². The average molecular weight is 388 g/mol. The van der Waals surface area contributed by atoms with Crippen molar-refractivity contribution in [2.24, 2.45) is 0 Å². The number of rotatable bonds is 3. The van der Waals surface area contributed by atoms with Crippen molar-refractivity contribution in [3.05, 3.63) is 108 Å². The molecule has 0 bridgehead atoms. The fourth-order valence-electron chi connectivity index (χ4n) is 4.40. The van der Waals surface area contributed by atoms with Gasteiger partial charge in [0.25, 0.3) is 0 Å². The molecule has 0 saturated carbocycles. The zero-order valence-electron chi connectivity index (χ0n) is 17.7. The lowest BCUT2D eigenvalue weighted by molar-refractivity contribution is 1.18. The minimum atomic E-state index is 1.19. The van der Waals surface area contributed by atoms with Crippen LogP contribution in [-0.4, -0.2) is 4.57 Å². The molecule has 0 amide bonds. The van der Waals surface area contributed by atoms with E-state index in [1.54, 1.807) is 0 Å². The van der Waals surface area contributed by atoms with Crippen molar-refractivity contribution in [1.82, 2.24) is 4.57 Å². The van der Waals surface area contributed by atoms with Crippen LogP contribution in [0.3, 0.4) is 0 Å². The van der Waals surface area contributed by atoms with Crippen molar-refractivity contribution in [3.8, 4) is 16.8 Å². The van der Waals surface area contributed by atoms with Crippen LogP contribution in [0.15, 0.2) is 91.0 Å². The van der Waals surface area contributed by atoms with Gasteiger partial charge in [-0.15, -0.1) is 0 Å². The molecule has 0 fully saturated rings. The quantitative estimate of drug-likeness (QED) is 0.295. The molecule has 0 saturated heterocycles. The van der Waals surface area contributed by atoms with Gasteiger partial charge in [0.1, 0.15) is 0 Å². The van der Waals surface area contributed by atoms with E-state index in [0.29, 0.717) is 0 Å². The van der Waals surface area contributed by atoms with E-state index >= 15 is 0 Å². The SMILES string of the molecule is C/C=C\c1c(C)ccc2c1c1cc(-c3ccc(C)cc3)ccc1n2-c1ccccc1. The highest BCUT2D eigenvalue weighted by molar-refractivity contribution is 6.14. The minimum Gasteiger partial charge on any atom is -0.309 e. The van der Waals surface area contributed by atoms with Crippen LogP contribution in [0.4, 0.5) is 0 Å². The van der Waals surface area contributed by atoms with Crippen LogP contribution in [0, 0.1) is 13.8 Å². The van der Waals surface area contributed by atoms with Crippen LogP contribution >= 0.6 is 0 Å². The molecule has 30 heavy (non-hydrogen) atoms.